The molecule has 1 aliphatic rings. The van der Waals surface area contributed by atoms with E-state index >= 15 is 0 Å². The van der Waals surface area contributed by atoms with Crippen molar-refractivity contribution < 1.29 is 9.59 Å². The molecular formula is C10H5N3O2. The number of carbonyl (C=O) groups excluding carboxylic acids is 2. The van der Waals surface area contributed by atoms with E-state index in [2.05, 4.69) is 4.98 Å². The van der Waals surface area contributed by atoms with Crippen molar-refractivity contribution in [3.8, 4) is 6.07 Å². The van der Waals surface area contributed by atoms with Crippen LogP contribution in [-0.2, 0) is 9.59 Å². The predicted molar refractivity (Wildman–Crippen MR) is 50.6 cm³/mol. The molecule has 0 N–H and O–H groups in total. The number of imide groups is 1. The molecule has 0 aromatic carbocycles. The Bertz CT molecular complexity index is 478. The van der Waals surface area contributed by atoms with E-state index in [0.29, 0.717) is 5.69 Å². The molecule has 5 nitrogen and oxygen atoms in total. The molecule has 5 heteroatoms. The summed E-state index contributed by atoms with van der Waals surface area (Å²) in [6.45, 7) is 0. The van der Waals surface area contributed by atoms with Crippen LogP contribution in [0.15, 0.2) is 30.5 Å². The number of hydrogen-bond acceptors (Lipinski definition) is 4. The quantitative estimate of drug-likeness (QED) is 0.613. The second-order valence-corrected chi connectivity index (χ2v) is 2.86. The molecule has 2 rings (SSSR count). The zero-order chi connectivity index (χ0) is 10.8. The zero-order valence-corrected chi connectivity index (χ0v) is 7.54. The van der Waals surface area contributed by atoms with Crippen LogP contribution in [0, 0.1) is 11.3 Å². The third kappa shape index (κ3) is 1.48. The Morgan fingerprint density at radius 1 is 1.20 bits per heavy atom. The Morgan fingerprint density at radius 2 is 1.87 bits per heavy atom. The maximum atomic E-state index is 11.3. The first-order chi connectivity index (χ1) is 7.22. The highest BCUT2D eigenvalue weighted by Crippen LogP contribution is 2.17. The smallest absolute Gasteiger partial charge is 0.258 e. The van der Waals surface area contributed by atoms with Gasteiger partial charge in [0.1, 0.15) is 11.8 Å². The van der Waals surface area contributed by atoms with E-state index in [1.165, 1.54) is 30.5 Å². The molecule has 0 saturated carbocycles. The lowest BCUT2D eigenvalue weighted by molar-refractivity contribution is -0.119. The summed E-state index contributed by atoms with van der Waals surface area (Å²) in [6, 6.07) is 4.81. The molecule has 1 aliphatic heterocycles. The predicted octanol–water partition coefficient (Wildman–Crippen LogP) is 0.383. The van der Waals surface area contributed by atoms with Crippen molar-refractivity contribution in [1.29, 1.82) is 5.26 Å². The number of hydrogen-bond donors (Lipinski definition) is 0. The van der Waals surface area contributed by atoms with Crippen molar-refractivity contribution in [2.45, 2.75) is 0 Å². The fourth-order valence-electron chi connectivity index (χ4n) is 1.24. The molecule has 15 heavy (non-hydrogen) atoms. The maximum Gasteiger partial charge on any atom is 0.258 e. The second-order valence-electron chi connectivity index (χ2n) is 2.86. The zero-order valence-electron chi connectivity index (χ0n) is 7.54. The molecule has 0 spiro atoms. The molecule has 1 aromatic rings. The van der Waals surface area contributed by atoms with Crippen molar-refractivity contribution in [2.24, 2.45) is 0 Å². The van der Waals surface area contributed by atoms with Crippen molar-refractivity contribution in [3.05, 3.63) is 36.2 Å². The lowest BCUT2D eigenvalue weighted by Crippen LogP contribution is -2.29. The molecule has 0 bridgehead atoms. The lowest BCUT2D eigenvalue weighted by atomic mass is 10.3. The van der Waals surface area contributed by atoms with Crippen LogP contribution in [0.25, 0.3) is 0 Å². The van der Waals surface area contributed by atoms with Crippen LogP contribution in [0.3, 0.4) is 0 Å². The topological polar surface area (TPSA) is 74.1 Å². The Hall–Kier alpha value is -2.48. The van der Waals surface area contributed by atoms with Crippen molar-refractivity contribution in [3.63, 3.8) is 0 Å². The number of nitrogens with zero attached hydrogens (tertiary/aromatic N) is 3. The summed E-state index contributed by atoms with van der Waals surface area (Å²) in [7, 11) is 0. The Balaban J connectivity index is 2.35. The highest BCUT2D eigenvalue weighted by atomic mass is 16.2. The third-order valence-electron chi connectivity index (χ3n) is 1.93. The molecule has 2 heterocycles. The van der Waals surface area contributed by atoms with Gasteiger partial charge in [0, 0.05) is 12.2 Å². The van der Waals surface area contributed by atoms with Gasteiger partial charge < -0.3 is 0 Å². The number of nitriles is 1. The standard InChI is InChI=1S/C10H5N3O2/c11-5-7-1-2-8(6-12-7)13-9(14)3-4-10(13)15/h1-4,6H. The fourth-order valence-corrected chi connectivity index (χ4v) is 1.24. The number of carbonyl (C=O) groups is 2. The van der Waals surface area contributed by atoms with Crippen LogP contribution in [0.2, 0.25) is 0 Å². The molecule has 0 unspecified atom stereocenters. The minimum Gasteiger partial charge on any atom is -0.269 e. The summed E-state index contributed by atoms with van der Waals surface area (Å²) < 4.78 is 0. The second kappa shape index (κ2) is 3.35. The summed E-state index contributed by atoms with van der Waals surface area (Å²) in [4.78, 5) is 27.3. The van der Waals surface area contributed by atoms with Gasteiger partial charge in [0.15, 0.2) is 0 Å². The van der Waals surface area contributed by atoms with Gasteiger partial charge in [-0.1, -0.05) is 0 Å². The Kier molecular flexibility index (Phi) is 2.03. The van der Waals surface area contributed by atoms with Gasteiger partial charge >= 0.3 is 0 Å². The monoisotopic (exact) mass is 199 g/mol. The molecule has 0 saturated heterocycles. The van der Waals surface area contributed by atoms with E-state index in [1.807, 2.05) is 6.07 Å². The number of rotatable bonds is 1. The van der Waals surface area contributed by atoms with Gasteiger partial charge in [-0.15, -0.1) is 0 Å². The van der Waals surface area contributed by atoms with Gasteiger partial charge in [0.2, 0.25) is 0 Å². The SMILES string of the molecule is N#Cc1ccc(N2C(=O)C=CC2=O)cn1. The summed E-state index contributed by atoms with van der Waals surface area (Å²) >= 11 is 0. The van der Waals surface area contributed by atoms with E-state index in [-0.39, 0.29) is 5.69 Å². The van der Waals surface area contributed by atoms with Gasteiger partial charge in [-0.2, -0.15) is 5.26 Å². The van der Waals surface area contributed by atoms with Crippen LogP contribution in [0.1, 0.15) is 5.69 Å². The van der Waals surface area contributed by atoms with Crippen LogP contribution >= 0.6 is 0 Å². The van der Waals surface area contributed by atoms with Crippen molar-refractivity contribution in [1.82, 2.24) is 4.98 Å². The van der Waals surface area contributed by atoms with Gasteiger partial charge in [0.25, 0.3) is 11.8 Å². The molecule has 1 aromatic heterocycles. The first-order valence-corrected chi connectivity index (χ1v) is 4.14. The first-order valence-electron chi connectivity index (χ1n) is 4.14. The van der Waals surface area contributed by atoms with Crippen LogP contribution in [0.5, 0.6) is 0 Å². The lowest BCUT2D eigenvalue weighted by Gasteiger charge is -2.12. The highest BCUT2D eigenvalue weighted by molar-refractivity contribution is 6.28. The van der Waals surface area contributed by atoms with E-state index in [4.69, 9.17) is 5.26 Å². The van der Waals surface area contributed by atoms with Crippen LogP contribution < -0.4 is 4.90 Å². The van der Waals surface area contributed by atoms with E-state index in [1.54, 1.807) is 0 Å². The summed E-state index contributed by atoms with van der Waals surface area (Å²) in [6.07, 6.45) is 3.71. The molecule has 0 radical (unpaired) electrons. The average molecular weight is 199 g/mol. The van der Waals surface area contributed by atoms with Gasteiger partial charge in [-0.3, -0.25) is 9.59 Å². The summed E-state index contributed by atoms with van der Waals surface area (Å²) in [5.41, 5.74) is 0.611. The largest absolute Gasteiger partial charge is 0.269 e. The van der Waals surface area contributed by atoms with Crippen LogP contribution in [-0.4, -0.2) is 16.8 Å². The Labute approximate surface area is 85.3 Å². The van der Waals surface area contributed by atoms with Crippen molar-refractivity contribution >= 4 is 17.5 Å². The number of anilines is 1. The first kappa shape index (κ1) is 9.09. The van der Waals surface area contributed by atoms with Gasteiger partial charge in [0.05, 0.1) is 11.9 Å². The summed E-state index contributed by atoms with van der Waals surface area (Å²) in [5.74, 6) is -0.794. The molecule has 0 aliphatic carbocycles. The Morgan fingerprint density at radius 3 is 2.33 bits per heavy atom. The number of pyridine rings is 1. The molecule has 0 fully saturated rings. The third-order valence-corrected chi connectivity index (χ3v) is 1.93. The highest BCUT2D eigenvalue weighted by Gasteiger charge is 2.25. The van der Waals surface area contributed by atoms with Gasteiger partial charge in [-0.05, 0) is 12.1 Å². The van der Waals surface area contributed by atoms with Crippen LogP contribution in [0.4, 0.5) is 5.69 Å². The average Bonchev–Trinajstić information content (AvgIpc) is 2.59. The number of aromatic nitrogens is 1. The van der Waals surface area contributed by atoms with Gasteiger partial charge in [-0.25, -0.2) is 9.88 Å². The van der Waals surface area contributed by atoms with Crippen molar-refractivity contribution in [2.75, 3.05) is 4.90 Å². The molecule has 2 amide bonds. The normalized spacial score (nSPS) is 14.5. The number of amides is 2. The molecule has 0 atom stereocenters. The minimum absolute atomic E-state index is 0.241. The summed E-state index contributed by atoms with van der Waals surface area (Å²) in [5, 5.41) is 8.53. The fraction of sp³-hybridized carbons (Fsp3) is 0. The maximum absolute atomic E-state index is 11.3. The van der Waals surface area contributed by atoms with E-state index in [9.17, 15) is 9.59 Å². The van der Waals surface area contributed by atoms with E-state index in [0.717, 1.165) is 4.90 Å². The van der Waals surface area contributed by atoms with E-state index < -0.39 is 11.8 Å². The molecular weight excluding hydrogens is 194 g/mol. The minimum atomic E-state index is -0.397. The molecule has 72 valence electrons.